The monoisotopic (exact) mass is 335 g/mol. The zero-order valence-corrected chi connectivity index (χ0v) is 12.2. The Labute approximate surface area is 124 Å². The van der Waals surface area contributed by atoms with E-state index in [1.165, 1.54) is 24.5 Å². The highest BCUT2D eigenvalue weighted by molar-refractivity contribution is 9.10. The minimum atomic E-state index is -0.514. The molecular formula is C13H11BrFN5. The third kappa shape index (κ3) is 3.03. The number of nitriles is 1. The molecule has 2 rings (SSSR count). The van der Waals surface area contributed by atoms with E-state index in [1.54, 1.807) is 0 Å². The van der Waals surface area contributed by atoms with Gasteiger partial charge in [0.05, 0.1) is 17.3 Å². The number of hydrogen-bond donors (Lipinski definition) is 2. The summed E-state index contributed by atoms with van der Waals surface area (Å²) in [7, 11) is 0. The van der Waals surface area contributed by atoms with Gasteiger partial charge in [-0.1, -0.05) is 0 Å². The lowest BCUT2D eigenvalue weighted by molar-refractivity contribution is 0.631. The van der Waals surface area contributed by atoms with E-state index in [2.05, 4.69) is 36.5 Å². The molecule has 102 valence electrons. The van der Waals surface area contributed by atoms with Crippen molar-refractivity contribution in [1.29, 1.82) is 5.26 Å². The average molecular weight is 336 g/mol. The molecule has 0 radical (unpaired) electrons. The van der Waals surface area contributed by atoms with Gasteiger partial charge in [0.2, 0.25) is 0 Å². The van der Waals surface area contributed by atoms with Crippen LogP contribution in [0.15, 0.2) is 29.0 Å². The van der Waals surface area contributed by atoms with Crippen LogP contribution in [0.4, 0.5) is 21.7 Å². The summed E-state index contributed by atoms with van der Waals surface area (Å²) in [5.41, 5.74) is 0.508. The van der Waals surface area contributed by atoms with E-state index in [0.717, 1.165) is 0 Å². The Morgan fingerprint density at radius 2 is 2.10 bits per heavy atom. The van der Waals surface area contributed by atoms with Gasteiger partial charge < -0.3 is 10.6 Å². The molecule has 5 nitrogen and oxygen atoms in total. The first-order valence-electron chi connectivity index (χ1n) is 5.86. The van der Waals surface area contributed by atoms with Crippen molar-refractivity contribution in [1.82, 2.24) is 9.97 Å². The van der Waals surface area contributed by atoms with Crippen LogP contribution in [0.1, 0.15) is 12.5 Å². The number of nitrogens with one attached hydrogen (secondary N) is 2. The van der Waals surface area contributed by atoms with E-state index in [9.17, 15) is 4.39 Å². The van der Waals surface area contributed by atoms with Crippen LogP contribution in [0.5, 0.6) is 0 Å². The average Bonchev–Trinajstić information content (AvgIpc) is 2.45. The number of anilines is 3. The molecule has 0 amide bonds. The van der Waals surface area contributed by atoms with Gasteiger partial charge in [0.1, 0.15) is 28.3 Å². The molecule has 2 aromatic rings. The highest BCUT2D eigenvalue weighted by Gasteiger charge is 2.10. The number of nitrogens with zero attached hydrogens (tertiary/aromatic N) is 3. The van der Waals surface area contributed by atoms with E-state index in [-0.39, 0.29) is 11.3 Å². The lowest BCUT2D eigenvalue weighted by Crippen LogP contribution is -2.04. The van der Waals surface area contributed by atoms with Gasteiger partial charge in [-0.3, -0.25) is 0 Å². The van der Waals surface area contributed by atoms with Crippen LogP contribution in [0.3, 0.4) is 0 Å². The van der Waals surface area contributed by atoms with Crippen LogP contribution in [-0.2, 0) is 0 Å². The lowest BCUT2D eigenvalue weighted by atomic mass is 10.2. The molecule has 0 saturated carbocycles. The Kier molecular flexibility index (Phi) is 4.48. The minimum absolute atomic E-state index is 0.242. The van der Waals surface area contributed by atoms with Crippen molar-refractivity contribution < 1.29 is 4.39 Å². The van der Waals surface area contributed by atoms with Gasteiger partial charge in [0.15, 0.2) is 0 Å². The third-order valence-electron chi connectivity index (χ3n) is 2.48. The van der Waals surface area contributed by atoms with Crippen molar-refractivity contribution in [3.8, 4) is 6.07 Å². The van der Waals surface area contributed by atoms with Crippen molar-refractivity contribution in [3.63, 3.8) is 0 Å². The van der Waals surface area contributed by atoms with Crippen LogP contribution in [0, 0.1) is 17.1 Å². The SMILES string of the molecule is CCNc1ncnc(Nc2ccc(C#N)cc2F)c1Br. The van der Waals surface area contributed by atoms with E-state index in [1.807, 2.05) is 13.0 Å². The fourth-order valence-electron chi connectivity index (χ4n) is 1.56. The topological polar surface area (TPSA) is 73.6 Å². The summed E-state index contributed by atoms with van der Waals surface area (Å²) in [5, 5.41) is 14.6. The Balaban J connectivity index is 2.31. The fraction of sp³-hybridized carbons (Fsp3) is 0.154. The van der Waals surface area contributed by atoms with Gasteiger partial charge in [0, 0.05) is 6.54 Å². The van der Waals surface area contributed by atoms with Crippen LogP contribution >= 0.6 is 15.9 Å². The zero-order valence-electron chi connectivity index (χ0n) is 10.6. The van der Waals surface area contributed by atoms with E-state index >= 15 is 0 Å². The van der Waals surface area contributed by atoms with Gasteiger partial charge in [-0.15, -0.1) is 0 Å². The number of rotatable bonds is 4. The summed E-state index contributed by atoms with van der Waals surface area (Å²) in [5.74, 6) is 0.554. The maximum atomic E-state index is 13.8. The molecule has 0 spiro atoms. The first kappa shape index (κ1) is 14.2. The first-order valence-corrected chi connectivity index (χ1v) is 6.66. The summed E-state index contributed by atoms with van der Waals surface area (Å²) in [6.07, 6.45) is 1.38. The largest absolute Gasteiger partial charge is 0.369 e. The maximum absolute atomic E-state index is 13.8. The predicted octanol–water partition coefficient (Wildman–Crippen LogP) is 3.43. The lowest BCUT2D eigenvalue weighted by Gasteiger charge is -2.11. The molecule has 0 unspecified atom stereocenters. The van der Waals surface area contributed by atoms with Crippen LogP contribution in [0.25, 0.3) is 0 Å². The zero-order chi connectivity index (χ0) is 14.5. The normalized spacial score (nSPS) is 9.90. The van der Waals surface area contributed by atoms with Crippen molar-refractivity contribution in [2.45, 2.75) is 6.92 Å². The maximum Gasteiger partial charge on any atom is 0.150 e. The molecule has 7 heteroatoms. The molecule has 2 N–H and O–H groups in total. The van der Waals surface area contributed by atoms with Crippen LogP contribution < -0.4 is 10.6 Å². The quantitative estimate of drug-likeness (QED) is 0.895. The molecule has 1 aromatic heterocycles. The first-order chi connectivity index (χ1) is 9.65. The van der Waals surface area contributed by atoms with Crippen molar-refractivity contribution in [2.75, 3.05) is 17.2 Å². The summed E-state index contributed by atoms with van der Waals surface area (Å²) in [4.78, 5) is 8.13. The van der Waals surface area contributed by atoms with E-state index in [0.29, 0.717) is 22.7 Å². The highest BCUT2D eigenvalue weighted by Crippen LogP contribution is 2.29. The van der Waals surface area contributed by atoms with Gasteiger partial charge in [0.25, 0.3) is 0 Å². The highest BCUT2D eigenvalue weighted by atomic mass is 79.9. The standard InChI is InChI=1S/C13H11BrFN5/c1-2-17-12-11(14)13(19-7-18-12)20-10-4-3-8(6-16)5-9(10)15/h3-5,7H,2H2,1H3,(H2,17,18,19,20). The second-order valence-corrected chi connectivity index (χ2v) is 4.64. The summed E-state index contributed by atoms with van der Waals surface area (Å²) in [6.45, 7) is 2.65. The molecule has 1 aromatic carbocycles. The molecule has 0 atom stereocenters. The molecule has 0 saturated heterocycles. The second-order valence-electron chi connectivity index (χ2n) is 3.85. The Morgan fingerprint density at radius 1 is 1.35 bits per heavy atom. The Bertz CT molecular complexity index is 668. The molecule has 0 fully saturated rings. The number of hydrogen-bond acceptors (Lipinski definition) is 5. The van der Waals surface area contributed by atoms with Gasteiger partial charge in [-0.05, 0) is 41.1 Å². The molecule has 0 aliphatic rings. The Morgan fingerprint density at radius 3 is 2.75 bits per heavy atom. The smallest absolute Gasteiger partial charge is 0.150 e. The molecule has 1 heterocycles. The summed E-state index contributed by atoms with van der Waals surface area (Å²) in [6, 6.07) is 6.08. The predicted molar refractivity (Wildman–Crippen MR) is 78.3 cm³/mol. The van der Waals surface area contributed by atoms with Crippen molar-refractivity contribution >= 4 is 33.3 Å². The number of halogens is 2. The van der Waals surface area contributed by atoms with Gasteiger partial charge in [-0.25, -0.2) is 14.4 Å². The van der Waals surface area contributed by atoms with Crippen molar-refractivity contribution in [2.24, 2.45) is 0 Å². The summed E-state index contributed by atoms with van der Waals surface area (Å²) < 4.78 is 14.4. The molecule has 0 aliphatic carbocycles. The summed E-state index contributed by atoms with van der Waals surface area (Å²) >= 11 is 3.37. The van der Waals surface area contributed by atoms with E-state index < -0.39 is 5.82 Å². The van der Waals surface area contributed by atoms with E-state index in [4.69, 9.17) is 5.26 Å². The van der Waals surface area contributed by atoms with Gasteiger partial charge in [-0.2, -0.15) is 5.26 Å². The molecular weight excluding hydrogens is 325 g/mol. The molecule has 20 heavy (non-hydrogen) atoms. The van der Waals surface area contributed by atoms with Crippen molar-refractivity contribution in [3.05, 3.63) is 40.4 Å². The van der Waals surface area contributed by atoms with Crippen LogP contribution in [0.2, 0.25) is 0 Å². The number of aromatic nitrogens is 2. The Hall–Kier alpha value is -2.20. The third-order valence-corrected chi connectivity index (χ3v) is 3.24. The molecule has 0 bridgehead atoms. The molecule has 0 aliphatic heterocycles. The van der Waals surface area contributed by atoms with Gasteiger partial charge >= 0.3 is 0 Å². The van der Waals surface area contributed by atoms with Crippen LogP contribution in [-0.4, -0.2) is 16.5 Å². The second kappa shape index (κ2) is 6.30. The number of benzene rings is 1. The fourth-order valence-corrected chi connectivity index (χ4v) is 2.01. The minimum Gasteiger partial charge on any atom is -0.369 e.